The van der Waals surface area contributed by atoms with Gasteiger partial charge in [0.05, 0.1) is 25.5 Å². The number of aromatic nitrogens is 2. The summed E-state index contributed by atoms with van der Waals surface area (Å²) in [5.41, 5.74) is 0.698. The molecule has 2 aliphatic rings. The number of urea groups is 1. The van der Waals surface area contributed by atoms with Gasteiger partial charge in [-0.15, -0.1) is 0 Å². The molecule has 9 heteroatoms. The second-order valence-electron chi connectivity index (χ2n) is 8.13. The van der Waals surface area contributed by atoms with E-state index in [9.17, 15) is 14.4 Å². The second kappa shape index (κ2) is 7.37. The third kappa shape index (κ3) is 3.17. The molecule has 0 saturated carbocycles. The molecule has 0 bridgehead atoms. The topological polar surface area (TPSA) is 102 Å². The van der Waals surface area contributed by atoms with Crippen LogP contribution < -0.4 is 20.3 Å². The molecule has 1 unspecified atom stereocenters. The molecule has 1 atom stereocenters. The summed E-state index contributed by atoms with van der Waals surface area (Å²) >= 11 is 0. The first kappa shape index (κ1) is 20.0. The average Bonchev–Trinajstić information content (AvgIpc) is 2.93. The number of pyridine rings is 1. The lowest BCUT2D eigenvalue weighted by Crippen LogP contribution is -2.40. The van der Waals surface area contributed by atoms with Gasteiger partial charge in [0.25, 0.3) is 11.5 Å². The van der Waals surface area contributed by atoms with Crippen LogP contribution in [0.5, 0.6) is 11.5 Å². The smallest absolute Gasteiger partial charge is 0.325 e. The fourth-order valence-electron chi connectivity index (χ4n) is 4.06. The number of amides is 3. The van der Waals surface area contributed by atoms with Gasteiger partial charge in [0, 0.05) is 18.7 Å². The van der Waals surface area contributed by atoms with E-state index in [1.54, 1.807) is 37.4 Å². The molecule has 2 aliphatic heterocycles. The number of carbonyl (C=O) groups excluding carboxylic acids is 2. The summed E-state index contributed by atoms with van der Waals surface area (Å²) in [6.07, 6.45) is 2.40. The van der Waals surface area contributed by atoms with Gasteiger partial charge >= 0.3 is 6.03 Å². The molecule has 3 amide bonds. The van der Waals surface area contributed by atoms with E-state index in [1.165, 1.54) is 10.5 Å². The fraction of sp³-hybridized carbons (Fsp3) is 0.304. The molecule has 0 spiro atoms. The molecule has 1 fully saturated rings. The summed E-state index contributed by atoms with van der Waals surface area (Å²) in [6.45, 7) is 4.47. The highest BCUT2D eigenvalue weighted by atomic mass is 16.5. The first-order valence-corrected chi connectivity index (χ1v) is 10.4. The summed E-state index contributed by atoms with van der Waals surface area (Å²) in [5, 5.41) is 2.78. The Morgan fingerprint density at radius 1 is 1.09 bits per heavy atom. The molecule has 0 radical (unpaired) electrons. The van der Waals surface area contributed by atoms with Crippen molar-refractivity contribution in [1.82, 2.24) is 19.6 Å². The standard InChI is InChI=1S/C23H22N4O5/c1-14-5-3-8-26-19(28)12-16(24-20(14)26)13-27-21(29)23(2,25-22(27)30)15-6-7-17-18(11-15)32-10-4-9-31-17/h3,5-8,11-12H,4,9-10,13H2,1-2H3,(H,25,30). The molecule has 3 aromatic rings. The number of hydrogen-bond donors (Lipinski definition) is 1. The number of rotatable bonds is 3. The van der Waals surface area contributed by atoms with Crippen LogP contribution in [0.4, 0.5) is 4.79 Å². The van der Waals surface area contributed by atoms with Crippen LogP contribution in [-0.4, -0.2) is 39.4 Å². The molecule has 1 aromatic carbocycles. The van der Waals surface area contributed by atoms with Crippen LogP contribution in [0.1, 0.15) is 30.2 Å². The average molecular weight is 434 g/mol. The van der Waals surface area contributed by atoms with Crippen molar-refractivity contribution in [3.05, 3.63) is 69.8 Å². The predicted molar refractivity (Wildman–Crippen MR) is 115 cm³/mol. The third-order valence-corrected chi connectivity index (χ3v) is 5.86. The highest BCUT2D eigenvalue weighted by Gasteiger charge is 2.49. The van der Waals surface area contributed by atoms with E-state index in [0.717, 1.165) is 16.9 Å². The lowest BCUT2D eigenvalue weighted by atomic mass is 9.91. The molecule has 1 N–H and O–H groups in total. The SMILES string of the molecule is Cc1cccn2c(=O)cc(CN3C(=O)NC(C)(c4ccc5c(c4)OCCCO5)C3=O)nc12. The van der Waals surface area contributed by atoms with Gasteiger partial charge in [-0.3, -0.25) is 18.9 Å². The minimum absolute atomic E-state index is 0.106. The van der Waals surface area contributed by atoms with Gasteiger partial charge in [-0.05, 0) is 43.2 Å². The van der Waals surface area contributed by atoms with E-state index >= 15 is 0 Å². The Bertz CT molecular complexity index is 1320. The highest BCUT2D eigenvalue weighted by Crippen LogP contribution is 2.36. The van der Waals surface area contributed by atoms with Crippen molar-refractivity contribution in [2.75, 3.05) is 13.2 Å². The van der Waals surface area contributed by atoms with Gasteiger partial charge in [0.15, 0.2) is 11.5 Å². The van der Waals surface area contributed by atoms with E-state index in [0.29, 0.717) is 41.6 Å². The summed E-state index contributed by atoms with van der Waals surface area (Å²) in [5.74, 6) is 0.727. The Balaban J connectivity index is 1.47. The van der Waals surface area contributed by atoms with E-state index < -0.39 is 17.5 Å². The van der Waals surface area contributed by atoms with Crippen LogP contribution in [0.15, 0.2) is 47.4 Å². The summed E-state index contributed by atoms with van der Waals surface area (Å²) < 4.78 is 12.8. The van der Waals surface area contributed by atoms with Gasteiger partial charge in [0.1, 0.15) is 11.2 Å². The maximum absolute atomic E-state index is 13.4. The van der Waals surface area contributed by atoms with E-state index in [-0.39, 0.29) is 12.1 Å². The quantitative estimate of drug-likeness (QED) is 0.634. The number of hydrogen-bond acceptors (Lipinski definition) is 6. The van der Waals surface area contributed by atoms with Crippen LogP contribution >= 0.6 is 0 Å². The number of carbonyl (C=O) groups is 2. The highest BCUT2D eigenvalue weighted by molar-refractivity contribution is 6.07. The van der Waals surface area contributed by atoms with Crippen molar-refractivity contribution in [1.29, 1.82) is 0 Å². The number of fused-ring (bicyclic) bond motifs is 2. The van der Waals surface area contributed by atoms with Crippen molar-refractivity contribution in [2.24, 2.45) is 0 Å². The number of ether oxygens (including phenoxy) is 2. The largest absolute Gasteiger partial charge is 0.490 e. The zero-order chi connectivity index (χ0) is 22.5. The Hall–Kier alpha value is -3.88. The normalized spacial score (nSPS) is 20.4. The van der Waals surface area contributed by atoms with Crippen LogP contribution in [0.2, 0.25) is 0 Å². The molecular formula is C23H22N4O5. The number of imide groups is 1. The number of nitrogens with zero attached hydrogens (tertiary/aromatic N) is 3. The van der Waals surface area contributed by atoms with E-state index in [4.69, 9.17) is 9.47 Å². The van der Waals surface area contributed by atoms with Crippen molar-refractivity contribution in [2.45, 2.75) is 32.4 Å². The number of aryl methyl sites for hydroxylation is 1. The maximum Gasteiger partial charge on any atom is 0.325 e. The Labute approximate surface area is 183 Å². The van der Waals surface area contributed by atoms with Crippen molar-refractivity contribution >= 4 is 17.6 Å². The van der Waals surface area contributed by atoms with E-state index in [2.05, 4.69) is 10.3 Å². The first-order chi connectivity index (χ1) is 15.4. The predicted octanol–water partition coefficient (Wildman–Crippen LogP) is 2.13. The van der Waals surface area contributed by atoms with Crippen molar-refractivity contribution in [3.63, 3.8) is 0 Å². The monoisotopic (exact) mass is 434 g/mol. The summed E-state index contributed by atoms with van der Waals surface area (Å²) in [4.78, 5) is 44.2. The van der Waals surface area contributed by atoms with Gasteiger partial charge in [0.2, 0.25) is 0 Å². The zero-order valence-electron chi connectivity index (χ0n) is 17.8. The van der Waals surface area contributed by atoms with Crippen molar-refractivity contribution < 1.29 is 19.1 Å². The molecule has 32 heavy (non-hydrogen) atoms. The van der Waals surface area contributed by atoms with Crippen LogP contribution in [0, 0.1) is 6.92 Å². The molecule has 2 aromatic heterocycles. The van der Waals surface area contributed by atoms with Gasteiger partial charge in [-0.2, -0.15) is 0 Å². The van der Waals surface area contributed by atoms with Crippen LogP contribution in [-0.2, 0) is 16.9 Å². The van der Waals surface area contributed by atoms with Crippen LogP contribution in [0.3, 0.4) is 0 Å². The van der Waals surface area contributed by atoms with Gasteiger partial charge < -0.3 is 14.8 Å². The summed E-state index contributed by atoms with van der Waals surface area (Å²) in [7, 11) is 0. The number of nitrogens with one attached hydrogen (secondary N) is 1. The first-order valence-electron chi connectivity index (χ1n) is 10.4. The Kier molecular flexibility index (Phi) is 4.61. The molecule has 0 aliphatic carbocycles. The molecule has 5 rings (SSSR count). The van der Waals surface area contributed by atoms with Crippen molar-refractivity contribution in [3.8, 4) is 11.5 Å². The van der Waals surface area contributed by atoms with Gasteiger partial charge in [-0.1, -0.05) is 12.1 Å². The lowest BCUT2D eigenvalue weighted by Gasteiger charge is -2.23. The molecule has 9 nitrogen and oxygen atoms in total. The molecule has 4 heterocycles. The molecule has 1 saturated heterocycles. The number of benzene rings is 1. The lowest BCUT2D eigenvalue weighted by molar-refractivity contribution is -0.131. The molecule has 164 valence electrons. The Morgan fingerprint density at radius 2 is 1.88 bits per heavy atom. The molecular weight excluding hydrogens is 412 g/mol. The zero-order valence-corrected chi connectivity index (χ0v) is 17.8. The maximum atomic E-state index is 13.4. The minimum atomic E-state index is -1.27. The third-order valence-electron chi connectivity index (χ3n) is 5.86. The second-order valence-corrected chi connectivity index (χ2v) is 8.13. The van der Waals surface area contributed by atoms with E-state index in [1.807, 2.05) is 13.0 Å². The Morgan fingerprint density at radius 3 is 2.69 bits per heavy atom. The van der Waals surface area contributed by atoms with Gasteiger partial charge in [-0.25, -0.2) is 9.78 Å². The van der Waals surface area contributed by atoms with Crippen LogP contribution in [0.25, 0.3) is 5.65 Å². The minimum Gasteiger partial charge on any atom is -0.490 e. The fourth-order valence-corrected chi connectivity index (χ4v) is 4.06. The summed E-state index contributed by atoms with van der Waals surface area (Å²) in [6, 6.07) is 9.64.